The predicted molar refractivity (Wildman–Crippen MR) is 113 cm³/mol. The van der Waals surface area contributed by atoms with Gasteiger partial charge >= 0.3 is 6.18 Å². The molecule has 186 valence electrons. The molecule has 0 spiro atoms. The number of piperidine rings is 1. The molecule has 0 aliphatic carbocycles. The molecule has 14 heteroatoms. The lowest BCUT2D eigenvalue weighted by Gasteiger charge is -2.43. The Labute approximate surface area is 196 Å². The Hall–Kier alpha value is -3.71. The number of aromatic nitrogens is 6. The van der Waals surface area contributed by atoms with Gasteiger partial charge in [-0.3, -0.25) is 9.48 Å². The predicted octanol–water partition coefficient (Wildman–Crippen LogP) is 3.28. The van der Waals surface area contributed by atoms with Crippen LogP contribution in [-0.4, -0.2) is 65.6 Å². The van der Waals surface area contributed by atoms with E-state index in [0.717, 1.165) is 4.90 Å². The summed E-state index contributed by atoms with van der Waals surface area (Å²) in [5, 5.41) is 6.95. The van der Waals surface area contributed by atoms with Crippen LogP contribution in [0.5, 0.6) is 0 Å². The van der Waals surface area contributed by atoms with E-state index in [0.29, 0.717) is 23.7 Å². The van der Waals surface area contributed by atoms with Crippen molar-refractivity contribution in [2.24, 2.45) is 13.0 Å². The van der Waals surface area contributed by atoms with Gasteiger partial charge in [0.15, 0.2) is 5.69 Å². The second-order valence-corrected chi connectivity index (χ2v) is 8.37. The number of carbonyl (C=O) groups excluding carboxylic acids is 1. The highest BCUT2D eigenvalue weighted by Crippen LogP contribution is 2.36. The molecule has 2 unspecified atom stereocenters. The number of amides is 1. The summed E-state index contributed by atoms with van der Waals surface area (Å²) in [6.07, 6.45) is 0.538. The first-order chi connectivity index (χ1) is 16.4. The van der Waals surface area contributed by atoms with Gasteiger partial charge in [0.05, 0.1) is 29.4 Å². The zero-order chi connectivity index (χ0) is 25.4. The minimum atomic E-state index is -4.59. The van der Waals surface area contributed by atoms with E-state index in [9.17, 15) is 26.7 Å². The maximum absolute atomic E-state index is 14.5. The van der Waals surface area contributed by atoms with E-state index in [1.165, 1.54) is 17.2 Å². The number of carbonyl (C=O) groups is 1. The maximum atomic E-state index is 14.5. The molecule has 1 saturated heterocycles. The molecule has 0 radical (unpaired) electrons. The minimum Gasteiger partial charge on any atom is -0.352 e. The summed E-state index contributed by atoms with van der Waals surface area (Å²) in [7, 11) is 1.59. The smallest absolute Gasteiger partial charge is 0.352 e. The lowest BCUT2D eigenvalue weighted by Crippen LogP contribution is -2.57. The summed E-state index contributed by atoms with van der Waals surface area (Å²) in [5.74, 6) is -4.60. The fourth-order valence-electron chi connectivity index (χ4n) is 4.06. The van der Waals surface area contributed by atoms with Gasteiger partial charge in [0.1, 0.15) is 6.33 Å². The van der Waals surface area contributed by atoms with Crippen molar-refractivity contribution < 1.29 is 26.7 Å². The highest BCUT2D eigenvalue weighted by Gasteiger charge is 2.47. The van der Waals surface area contributed by atoms with Crippen LogP contribution < -0.4 is 5.32 Å². The average Bonchev–Trinajstić information content (AvgIpc) is 3.19. The van der Waals surface area contributed by atoms with E-state index in [1.807, 2.05) is 0 Å². The largest absolute Gasteiger partial charge is 0.419 e. The third-order valence-electron chi connectivity index (χ3n) is 5.68. The third-order valence-corrected chi connectivity index (χ3v) is 5.68. The topological polar surface area (TPSA) is 102 Å². The fraction of sp³-hybridized carbons (Fsp3) is 0.429. The minimum absolute atomic E-state index is 0.0492. The molecule has 1 aliphatic rings. The molecule has 9 nitrogen and oxygen atoms in total. The highest BCUT2D eigenvalue weighted by molar-refractivity contribution is 5.98. The maximum Gasteiger partial charge on any atom is 0.419 e. The Morgan fingerprint density at radius 2 is 1.94 bits per heavy atom. The van der Waals surface area contributed by atoms with Crippen molar-refractivity contribution in [3.8, 4) is 11.3 Å². The third kappa shape index (κ3) is 5.35. The molecule has 0 saturated carbocycles. The van der Waals surface area contributed by atoms with Crippen LogP contribution >= 0.6 is 0 Å². The summed E-state index contributed by atoms with van der Waals surface area (Å²) < 4.78 is 68.7. The molecule has 3 aromatic heterocycles. The molecular formula is C21H21F5N8O. The Bertz CT molecular complexity index is 1180. The highest BCUT2D eigenvalue weighted by atomic mass is 19.4. The number of likely N-dealkylation sites (tertiary alicyclic amines) is 1. The van der Waals surface area contributed by atoms with Crippen molar-refractivity contribution in [2.45, 2.75) is 31.5 Å². The fourth-order valence-corrected chi connectivity index (χ4v) is 4.06. The second-order valence-electron chi connectivity index (χ2n) is 8.37. The van der Waals surface area contributed by atoms with Crippen LogP contribution in [0.3, 0.4) is 0 Å². The van der Waals surface area contributed by atoms with E-state index in [1.54, 1.807) is 26.2 Å². The molecule has 3 aromatic rings. The summed E-state index contributed by atoms with van der Waals surface area (Å²) in [4.78, 5) is 29.8. The van der Waals surface area contributed by atoms with Crippen molar-refractivity contribution in [1.29, 1.82) is 0 Å². The zero-order valence-corrected chi connectivity index (χ0v) is 18.7. The summed E-state index contributed by atoms with van der Waals surface area (Å²) >= 11 is 0. The van der Waals surface area contributed by atoms with Gasteiger partial charge in [-0.15, -0.1) is 0 Å². The molecular weight excluding hydrogens is 475 g/mol. The van der Waals surface area contributed by atoms with Gasteiger partial charge in [0.25, 0.3) is 11.8 Å². The first-order valence-electron chi connectivity index (χ1n) is 10.6. The van der Waals surface area contributed by atoms with Crippen molar-refractivity contribution in [1.82, 2.24) is 34.6 Å². The molecule has 0 aromatic carbocycles. The van der Waals surface area contributed by atoms with E-state index in [-0.39, 0.29) is 18.2 Å². The normalized spacial score (nSPS) is 20.0. The Morgan fingerprint density at radius 3 is 2.57 bits per heavy atom. The van der Waals surface area contributed by atoms with E-state index in [4.69, 9.17) is 0 Å². The van der Waals surface area contributed by atoms with Crippen LogP contribution in [0.1, 0.15) is 29.4 Å². The van der Waals surface area contributed by atoms with E-state index in [2.05, 4.69) is 30.4 Å². The van der Waals surface area contributed by atoms with E-state index >= 15 is 0 Å². The van der Waals surface area contributed by atoms with Gasteiger partial charge in [-0.25, -0.2) is 28.7 Å². The zero-order valence-electron chi connectivity index (χ0n) is 18.7. The molecule has 1 amide bonds. The first-order valence-corrected chi connectivity index (χ1v) is 10.6. The molecule has 1 fully saturated rings. The van der Waals surface area contributed by atoms with Crippen molar-refractivity contribution in [3.63, 3.8) is 0 Å². The van der Waals surface area contributed by atoms with Gasteiger partial charge in [-0.1, -0.05) is 6.92 Å². The number of aryl methyl sites for hydroxylation is 1. The molecule has 4 heterocycles. The Kier molecular flexibility index (Phi) is 6.38. The molecule has 4 rings (SSSR count). The second kappa shape index (κ2) is 9.15. The van der Waals surface area contributed by atoms with E-state index < -0.39 is 48.5 Å². The molecule has 1 aliphatic heterocycles. The van der Waals surface area contributed by atoms with Crippen LogP contribution in [-0.2, 0) is 13.2 Å². The molecule has 1 N–H and O–H groups in total. The lowest BCUT2D eigenvalue weighted by molar-refractivity contribution is -0.138. The number of rotatable bonds is 5. The van der Waals surface area contributed by atoms with Crippen LogP contribution in [0.15, 0.2) is 37.2 Å². The molecule has 2 atom stereocenters. The SMILES string of the molecule is CC1CC(F)(F)CN(C(=O)c2nn(C)cc2-c2ccncn2)C1CNc1ncc(C(F)(F)F)cn1. The van der Waals surface area contributed by atoms with Gasteiger partial charge in [0.2, 0.25) is 5.95 Å². The van der Waals surface area contributed by atoms with Gasteiger partial charge in [0, 0.05) is 44.8 Å². The lowest BCUT2D eigenvalue weighted by atomic mass is 9.88. The summed E-state index contributed by atoms with van der Waals surface area (Å²) in [5.41, 5.74) is -0.301. The number of anilines is 1. The Balaban J connectivity index is 1.60. The first kappa shape index (κ1) is 24.4. The van der Waals surface area contributed by atoms with Crippen molar-refractivity contribution in [3.05, 3.63) is 48.4 Å². The van der Waals surface area contributed by atoms with Crippen molar-refractivity contribution >= 4 is 11.9 Å². The van der Waals surface area contributed by atoms with Gasteiger partial charge in [-0.2, -0.15) is 18.3 Å². The number of alkyl halides is 5. The number of hydrogen-bond acceptors (Lipinski definition) is 7. The number of hydrogen-bond donors (Lipinski definition) is 1. The number of halogens is 5. The quantitative estimate of drug-likeness (QED) is 0.541. The summed E-state index contributed by atoms with van der Waals surface area (Å²) in [6.45, 7) is 0.692. The van der Waals surface area contributed by atoms with Gasteiger partial charge < -0.3 is 10.2 Å². The van der Waals surface area contributed by atoms with Crippen LogP contribution in [0, 0.1) is 5.92 Å². The standard InChI is InChI=1S/C21H21F5N8O/c1-12-5-20(22,23)10-34(16(12)8-30-19-28-6-13(7-29-19)21(24,25)26)18(35)17-14(9-33(2)32-17)15-3-4-27-11-31-15/h3-4,6-7,9,11-12,16H,5,8,10H2,1-2H3,(H,28,29,30). The Morgan fingerprint density at radius 1 is 1.23 bits per heavy atom. The molecule has 0 bridgehead atoms. The van der Waals surface area contributed by atoms with Crippen LogP contribution in [0.2, 0.25) is 0 Å². The molecule has 35 heavy (non-hydrogen) atoms. The van der Waals surface area contributed by atoms with Crippen LogP contribution in [0.25, 0.3) is 11.3 Å². The number of nitrogens with zero attached hydrogens (tertiary/aromatic N) is 7. The van der Waals surface area contributed by atoms with Gasteiger partial charge in [-0.05, 0) is 12.0 Å². The number of nitrogens with one attached hydrogen (secondary N) is 1. The average molecular weight is 496 g/mol. The summed E-state index contributed by atoms with van der Waals surface area (Å²) in [6, 6.07) is 0.843. The van der Waals surface area contributed by atoms with Crippen LogP contribution in [0.4, 0.5) is 27.9 Å². The van der Waals surface area contributed by atoms with Crippen molar-refractivity contribution in [2.75, 3.05) is 18.4 Å². The monoisotopic (exact) mass is 496 g/mol.